The highest BCUT2D eigenvalue weighted by Crippen LogP contribution is 2.27. The molecule has 3 aromatic rings. The summed E-state index contributed by atoms with van der Waals surface area (Å²) in [6.45, 7) is 0. The van der Waals surface area contributed by atoms with E-state index in [1.807, 2.05) is 36.4 Å². The lowest BCUT2D eigenvalue weighted by atomic mass is 9.99. The molecule has 0 atom stereocenters. The molecular weight excluding hydrogens is 256 g/mol. The molecule has 0 radical (unpaired) electrons. The van der Waals surface area contributed by atoms with E-state index in [2.05, 4.69) is 0 Å². The lowest BCUT2D eigenvalue weighted by Gasteiger charge is -2.06. The van der Waals surface area contributed by atoms with E-state index >= 15 is 0 Å². The van der Waals surface area contributed by atoms with Gasteiger partial charge in [0.15, 0.2) is 0 Å². The van der Waals surface area contributed by atoms with E-state index < -0.39 is 11.6 Å². The topological polar surface area (TPSA) is 67.5 Å². The van der Waals surface area contributed by atoms with E-state index in [1.54, 1.807) is 12.1 Å². The largest absolute Gasteiger partial charge is 0.475 e. The van der Waals surface area contributed by atoms with Crippen LogP contribution in [-0.4, -0.2) is 11.1 Å². The standard InChI is InChI=1S/C16H10O4/c17-15(18)14-9-13-11(10-5-2-1-3-6-10)7-4-8-12(13)16(19)20-14/h1-9H,(H,17,18). The second-order valence-corrected chi connectivity index (χ2v) is 4.34. The summed E-state index contributed by atoms with van der Waals surface area (Å²) in [7, 11) is 0. The average molecular weight is 266 g/mol. The Morgan fingerprint density at radius 1 is 0.950 bits per heavy atom. The SMILES string of the molecule is O=C(O)c1cc2c(-c3ccccc3)cccc2c(=O)o1. The predicted molar refractivity (Wildman–Crippen MR) is 74.9 cm³/mol. The van der Waals surface area contributed by atoms with E-state index in [0.29, 0.717) is 10.8 Å². The van der Waals surface area contributed by atoms with Crippen LogP contribution in [0.2, 0.25) is 0 Å². The number of carboxylic acid groups (broad SMARTS) is 1. The molecule has 0 fully saturated rings. The minimum atomic E-state index is -1.26. The zero-order chi connectivity index (χ0) is 14.1. The highest BCUT2D eigenvalue weighted by Gasteiger charge is 2.13. The molecule has 0 spiro atoms. The van der Waals surface area contributed by atoms with Crippen LogP contribution < -0.4 is 5.63 Å². The van der Waals surface area contributed by atoms with Crippen molar-refractivity contribution in [3.63, 3.8) is 0 Å². The molecule has 0 unspecified atom stereocenters. The Hall–Kier alpha value is -2.88. The van der Waals surface area contributed by atoms with Crippen molar-refractivity contribution in [2.45, 2.75) is 0 Å². The minimum absolute atomic E-state index is 0.356. The monoisotopic (exact) mass is 266 g/mol. The second kappa shape index (κ2) is 4.66. The Balaban J connectivity index is 2.39. The Labute approximate surface area is 113 Å². The maximum atomic E-state index is 11.9. The zero-order valence-electron chi connectivity index (χ0n) is 10.4. The van der Waals surface area contributed by atoms with Gasteiger partial charge in [-0.05, 0) is 23.3 Å². The molecule has 0 aliphatic heterocycles. The number of hydrogen-bond donors (Lipinski definition) is 1. The summed E-state index contributed by atoms with van der Waals surface area (Å²) in [6.07, 6.45) is 0. The lowest BCUT2D eigenvalue weighted by Crippen LogP contribution is -2.06. The smallest absolute Gasteiger partial charge is 0.371 e. The molecule has 4 heteroatoms. The second-order valence-electron chi connectivity index (χ2n) is 4.34. The van der Waals surface area contributed by atoms with Gasteiger partial charge in [-0.25, -0.2) is 9.59 Å². The van der Waals surface area contributed by atoms with Crippen molar-refractivity contribution >= 4 is 16.7 Å². The van der Waals surface area contributed by atoms with Crippen LogP contribution >= 0.6 is 0 Å². The lowest BCUT2D eigenvalue weighted by molar-refractivity contribution is 0.0658. The quantitative estimate of drug-likeness (QED) is 0.773. The van der Waals surface area contributed by atoms with Crippen molar-refractivity contribution in [1.82, 2.24) is 0 Å². The molecule has 4 nitrogen and oxygen atoms in total. The first kappa shape index (κ1) is 12.2. The van der Waals surface area contributed by atoms with Gasteiger partial charge in [0.2, 0.25) is 5.76 Å². The van der Waals surface area contributed by atoms with Gasteiger partial charge in [-0.15, -0.1) is 0 Å². The average Bonchev–Trinajstić information content (AvgIpc) is 2.47. The molecule has 1 aromatic heterocycles. The first-order valence-electron chi connectivity index (χ1n) is 6.02. The van der Waals surface area contributed by atoms with Gasteiger partial charge in [-0.1, -0.05) is 42.5 Å². The van der Waals surface area contributed by atoms with Gasteiger partial charge in [0, 0.05) is 5.39 Å². The maximum absolute atomic E-state index is 11.9. The van der Waals surface area contributed by atoms with Gasteiger partial charge < -0.3 is 9.52 Å². The van der Waals surface area contributed by atoms with Crippen LogP contribution in [0.3, 0.4) is 0 Å². The van der Waals surface area contributed by atoms with Gasteiger partial charge in [-0.3, -0.25) is 0 Å². The Morgan fingerprint density at radius 3 is 2.40 bits per heavy atom. The fourth-order valence-corrected chi connectivity index (χ4v) is 2.19. The van der Waals surface area contributed by atoms with E-state index in [4.69, 9.17) is 9.52 Å². The third-order valence-corrected chi connectivity index (χ3v) is 3.10. The third-order valence-electron chi connectivity index (χ3n) is 3.10. The third kappa shape index (κ3) is 1.97. The van der Waals surface area contributed by atoms with Crippen LogP contribution in [0.5, 0.6) is 0 Å². The van der Waals surface area contributed by atoms with E-state index in [0.717, 1.165) is 11.1 Å². The molecule has 3 rings (SSSR count). The van der Waals surface area contributed by atoms with Gasteiger partial charge in [0.25, 0.3) is 0 Å². The first-order chi connectivity index (χ1) is 9.66. The zero-order valence-corrected chi connectivity index (χ0v) is 10.4. The van der Waals surface area contributed by atoms with Crippen molar-refractivity contribution < 1.29 is 14.3 Å². The molecule has 0 amide bonds. The van der Waals surface area contributed by atoms with Crippen molar-refractivity contribution in [1.29, 1.82) is 0 Å². The van der Waals surface area contributed by atoms with Gasteiger partial charge >= 0.3 is 11.6 Å². The van der Waals surface area contributed by atoms with Crippen LogP contribution in [0.1, 0.15) is 10.6 Å². The van der Waals surface area contributed by atoms with Crippen molar-refractivity contribution in [3.8, 4) is 11.1 Å². The van der Waals surface area contributed by atoms with E-state index in [9.17, 15) is 9.59 Å². The summed E-state index contributed by atoms with van der Waals surface area (Å²) in [5.41, 5.74) is 1.08. The van der Waals surface area contributed by atoms with Gasteiger partial charge in [0.05, 0.1) is 5.39 Å². The van der Waals surface area contributed by atoms with Crippen molar-refractivity contribution in [3.05, 3.63) is 70.8 Å². The number of carbonyl (C=O) groups is 1. The molecular formula is C16H10O4. The number of hydrogen-bond acceptors (Lipinski definition) is 3. The molecule has 0 saturated heterocycles. The minimum Gasteiger partial charge on any atom is -0.475 e. The molecule has 0 aliphatic carbocycles. The van der Waals surface area contributed by atoms with Gasteiger partial charge in [0.1, 0.15) is 0 Å². The Bertz CT molecular complexity index is 847. The molecule has 1 heterocycles. The van der Waals surface area contributed by atoms with Crippen LogP contribution in [0.4, 0.5) is 0 Å². The Morgan fingerprint density at radius 2 is 1.70 bits per heavy atom. The highest BCUT2D eigenvalue weighted by atomic mass is 16.4. The molecule has 20 heavy (non-hydrogen) atoms. The summed E-state index contributed by atoms with van der Waals surface area (Å²) < 4.78 is 4.79. The summed E-state index contributed by atoms with van der Waals surface area (Å²) in [5.74, 6) is -1.61. The van der Waals surface area contributed by atoms with Crippen LogP contribution in [0, 0.1) is 0 Å². The maximum Gasteiger partial charge on any atom is 0.371 e. The number of aromatic carboxylic acids is 1. The van der Waals surface area contributed by atoms with Crippen LogP contribution in [0.15, 0.2) is 63.8 Å². The van der Waals surface area contributed by atoms with Crippen LogP contribution in [0.25, 0.3) is 21.9 Å². The summed E-state index contributed by atoms with van der Waals surface area (Å²) in [5, 5.41) is 9.95. The summed E-state index contributed by atoms with van der Waals surface area (Å²) in [6, 6.07) is 16.1. The summed E-state index contributed by atoms with van der Waals surface area (Å²) >= 11 is 0. The molecule has 0 bridgehead atoms. The van der Waals surface area contributed by atoms with E-state index in [1.165, 1.54) is 6.07 Å². The summed E-state index contributed by atoms with van der Waals surface area (Å²) in [4.78, 5) is 22.9. The molecule has 2 aromatic carbocycles. The predicted octanol–water partition coefficient (Wildman–Crippen LogP) is 3.16. The fraction of sp³-hybridized carbons (Fsp3) is 0. The van der Waals surface area contributed by atoms with Crippen LogP contribution in [-0.2, 0) is 0 Å². The number of benzene rings is 2. The Kier molecular flexibility index (Phi) is 2.84. The molecule has 98 valence electrons. The molecule has 1 N–H and O–H groups in total. The number of fused-ring (bicyclic) bond motifs is 1. The molecule has 0 saturated carbocycles. The highest BCUT2D eigenvalue weighted by molar-refractivity contribution is 5.99. The first-order valence-corrected chi connectivity index (χ1v) is 6.02. The van der Waals surface area contributed by atoms with Gasteiger partial charge in [-0.2, -0.15) is 0 Å². The normalized spacial score (nSPS) is 10.6. The fourth-order valence-electron chi connectivity index (χ4n) is 2.19. The van der Waals surface area contributed by atoms with Crippen molar-refractivity contribution in [2.24, 2.45) is 0 Å². The number of carboxylic acids is 1. The van der Waals surface area contributed by atoms with Crippen molar-refractivity contribution in [2.75, 3.05) is 0 Å². The molecule has 0 aliphatic rings. The van der Waals surface area contributed by atoms with E-state index in [-0.39, 0.29) is 5.76 Å². The number of rotatable bonds is 2.